The number of benzene rings is 2. The van der Waals surface area contributed by atoms with Gasteiger partial charge in [0.05, 0.1) is 12.2 Å². The first-order chi connectivity index (χ1) is 18.2. The SMILES string of the molecule is Cc1ccc(NC(=O)N(Cc2ccccn2)C[C@]2(C)CCC[C@]3(C)c4ccc(C(C)C)cc4CC[C@@H]23)cc1. The molecule has 0 bridgehead atoms. The monoisotopic (exact) mass is 509 g/mol. The van der Waals surface area contributed by atoms with Gasteiger partial charge in [-0.1, -0.05) is 76.1 Å². The molecule has 0 radical (unpaired) electrons. The van der Waals surface area contributed by atoms with Crippen LogP contribution in [0.1, 0.15) is 87.2 Å². The van der Waals surface area contributed by atoms with Gasteiger partial charge in [-0.25, -0.2) is 4.79 Å². The molecular formula is C34H43N3O. The van der Waals surface area contributed by atoms with Gasteiger partial charge in [0.2, 0.25) is 0 Å². The minimum Gasteiger partial charge on any atom is -0.318 e. The zero-order valence-electron chi connectivity index (χ0n) is 23.8. The van der Waals surface area contributed by atoms with Gasteiger partial charge in [0.1, 0.15) is 0 Å². The van der Waals surface area contributed by atoms with Crippen molar-refractivity contribution in [3.05, 3.63) is 94.8 Å². The first kappa shape index (κ1) is 26.5. The topological polar surface area (TPSA) is 45.2 Å². The maximum Gasteiger partial charge on any atom is 0.322 e. The number of nitrogens with one attached hydrogen (secondary N) is 1. The number of aryl methyl sites for hydroxylation is 2. The predicted octanol–water partition coefficient (Wildman–Crippen LogP) is 8.26. The minimum absolute atomic E-state index is 0.0286. The second-order valence-electron chi connectivity index (χ2n) is 12.6. The molecule has 5 rings (SSSR count). The molecule has 0 spiro atoms. The molecule has 1 aromatic heterocycles. The Morgan fingerprint density at radius 2 is 1.87 bits per heavy atom. The van der Waals surface area contributed by atoms with Crippen molar-refractivity contribution in [3.63, 3.8) is 0 Å². The molecule has 4 nitrogen and oxygen atoms in total. The molecule has 4 heteroatoms. The van der Waals surface area contributed by atoms with Gasteiger partial charge >= 0.3 is 6.03 Å². The molecule has 1 N–H and O–H groups in total. The quantitative estimate of drug-likeness (QED) is 0.363. The highest BCUT2D eigenvalue weighted by molar-refractivity contribution is 5.89. The molecule has 200 valence electrons. The Morgan fingerprint density at radius 3 is 2.58 bits per heavy atom. The summed E-state index contributed by atoms with van der Waals surface area (Å²) in [7, 11) is 0. The molecular weight excluding hydrogens is 466 g/mol. The Labute approximate surface area is 228 Å². The number of nitrogens with zero attached hydrogens (tertiary/aromatic N) is 2. The van der Waals surface area contributed by atoms with E-state index in [0.29, 0.717) is 18.4 Å². The largest absolute Gasteiger partial charge is 0.322 e. The van der Waals surface area contributed by atoms with Crippen LogP contribution < -0.4 is 5.32 Å². The van der Waals surface area contributed by atoms with E-state index in [4.69, 9.17) is 0 Å². The van der Waals surface area contributed by atoms with Gasteiger partial charge in [-0.05, 0) is 96.2 Å². The summed E-state index contributed by atoms with van der Waals surface area (Å²) in [6.07, 6.45) is 7.67. The maximum absolute atomic E-state index is 13.7. The van der Waals surface area contributed by atoms with E-state index in [0.717, 1.165) is 30.8 Å². The Hall–Kier alpha value is -3.14. The molecule has 0 unspecified atom stereocenters. The number of carbonyl (C=O) groups excluding carboxylic acids is 1. The summed E-state index contributed by atoms with van der Waals surface area (Å²) in [5.74, 6) is 1.08. The number of rotatable bonds is 6. The number of fused-ring (bicyclic) bond motifs is 3. The van der Waals surface area contributed by atoms with Gasteiger partial charge in [-0.2, -0.15) is 0 Å². The lowest BCUT2D eigenvalue weighted by Crippen LogP contribution is -2.54. The van der Waals surface area contributed by atoms with E-state index in [9.17, 15) is 4.79 Å². The average Bonchev–Trinajstić information content (AvgIpc) is 2.90. The van der Waals surface area contributed by atoms with Crippen molar-refractivity contribution in [3.8, 4) is 0 Å². The molecule has 0 saturated heterocycles. The predicted molar refractivity (Wildman–Crippen MR) is 156 cm³/mol. The van der Waals surface area contributed by atoms with Crippen LogP contribution in [0, 0.1) is 18.3 Å². The molecule has 2 aromatic carbocycles. The number of anilines is 1. The minimum atomic E-state index is -0.0502. The van der Waals surface area contributed by atoms with Crippen molar-refractivity contribution in [2.75, 3.05) is 11.9 Å². The van der Waals surface area contributed by atoms with Crippen molar-refractivity contribution >= 4 is 11.7 Å². The lowest BCUT2D eigenvalue weighted by atomic mass is 9.49. The van der Waals surface area contributed by atoms with Crippen LogP contribution in [-0.2, 0) is 18.4 Å². The van der Waals surface area contributed by atoms with Gasteiger partial charge < -0.3 is 10.2 Å². The first-order valence-corrected chi connectivity index (χ1v) is 14.3. The molecule has 1 saturated carbocycles. The third kappa shape index (κ3) is 5.23. The highest BCUT2D eigenvalue weighted by Crippen LogP contribution is 2.57. The fourth-order valence-corrected chi connectivity index (χ4v) is 7.35. The number of aromatic nitrogens is 1. The second kappa shape index (κ2) is 10.6. The standard InChI is InChI=1S/C34H43N3O/c1-24(2)26-12-16-30-27(21-26)13-17-31-33(4,18-8-19-34(30,31)5)23-37(22-29-9-6-7-20-35-29)32(38)36-28-14-10-25(3)11-15-28/h6-7,9-12,14-16,20-21,24,31H,8,13,17-19,22-23H2,1-5H3,(H,36,38)/t31-,33-,34+/m0/s1. The van der Waals surface area contributed by atoms with Crippen LogP contribution in [0.15, 0.2) is 66.9 Å². The van der Waals surface area contributed by atoms with Gasteiger partial charge in [0.25, 0.3) is 0 Å². The molecule has 1 heterocycles. The summed E-state index contributed by atoms with van der Waals surface area (Å²) in [6.45, 7) is 12.8. The zero-order chi connectivity index (χ0) is 26.9. The molecule has 38 heavy (non-hydrogen) atoms. The van der Waals surface area contributed by atoms with Crippen LogP contribution in [0.5, 0.6) is 0 Å². The van der Waals surface area contributed by atoms with Crippen LogP contribution in [0.3, 0.4) is 0 Å². The molecule has 2 amide bonds. The molecule has 2 aliphatic carbocycles. The van der Waals surface area contributed by atoms with Crippen LogP contribution in [0.2, 0.25) is 0 Å². The maximum atomic E-state index is 13.7. The summed E-state index contributed by atoms with van der Waals surface area (Å²) in [6, 6.07) is 21.2. The van der Waals surface area contributed by atoms with E-state index in [1.54, 1.807) is 11.1 Å². The lowest BCUT2D eigenvalue weighted by molar-refractivity contribution is 0.00450. The highest BCUT2D eigenvalue weighted by atomic mass is 16.2. The summed E-state index contributed by atoms with van der Waals surface area (Å²) in [5.41, 5.74) is 7.63. The third-order valence-corrected chi connectivity index (χ3v) is 9.39. The fourth-order valence-electron chi connectivity index (χ4n) is 7.35. The molecule has 3 atom stereocenters. The zero-order valence-corrected chi connectivity index (χ0v) is 23.8. The van der Waals surface area contributed by atoms with Crippen LogP contribution in [-0.4, -0.2) is 22.5 Å². The van der Waals surface area contributed by atoms with Gasteiger partial charge in [0, 0.05) is 18.4 Å². The second-order valence-corrected chi connectivity index (χ2v) is 12.6. The summed E-state index contributed by atoms with van der Waals surface area (Å²) < 4.78 is 0. The number of urea groups is 1. The summed E-state index contributed by atoms with van der Waals surface area (Å²) >= 11 is 0. The van der Waals surface area contributed by atoms with Gasteiger partial charge in [0.15, 0.2) is 0 Å². The number of carbonyl (C=O) groups is 1. The van der Waals surface area contributed by atoms with Crippen LogP contribution >= 0.6 is 0 Å². The smallest absolute Gasteiger partial charge is 0.318 e. The summed E-state index contributed by atoms with van der Waals surface area (Å²) in [5, 5.41) is 3.17. The number of hydrogen-bond donors (Lipinski definition) is 1. The fraction of sp³-hybridized carbons (Fsp3) is 0.471. The van der Waals surface area contributed by atoms with Crippen molar-refractivity contribution in [2.45, 2.75) is 84.6 Å². The highest BCUT2D eigenvalue weighted by Gasteiger charge is 2.52. The molecule has 2 aliphatic rings. The van der Waals surface area contributed by atoms with E-state index in [1.807, 2.05) is 53.6 Å². The van der Waals surface area contributed by atoms with Crippen molar-refractivity contribution in [1.82, 2.24) is 9.88 Å². The number of hydrogen-bond acceptors (Lipinski definition) is 2. The molecule has 3 aromatic rings. The number of pyridine rings is 1. The number of amides is 2. The van der Waals surface area contributed by atoms with Crippen molar-refractivity contribution in [1.29, 1.82) is 0 Å². The normalized spacial score (nSPS) is 24.4. The Kier molecular flexibility index (Phi) is 7.35. The third-order valence-electron chi connectivity index (χ3n) is 9.39. The van der Waals surface area contributed by atoms with Crippen LogP contribution in [0.25, 0.3) is 0 Å². The first-order valence-electron chi connectivity index (χ1n) is 14.3. The Balaban J connectivity index is 1.44. The Morgan fingerprint density at radius 1 is 1.08 bits per heavy atom. The van der Waals surface area contributed by atoms with Crippen molar-refractivity contribution < 1.29 is 4.79 Å². The van der Waals surface area contributed by atoms with E-state index in [-0.39, 0.29) is 16.9 Å². The van der Waals surface area contributed by atoms with E-state index in [2.05, 4.69) is 63.1 Å². The van der Waals surface area contributed by atoms with E-state index < -0.39 is 0 Å². The van der Waals surface area contributed by atoms with Gasteiger partial charge in [-0.15, -0.1) is 0 Å². The van der Waals surface area contributed by atoms with Crippen LogP contribution in [0.4, 0.5) is 10.5 Å². The molecule has 0 aliphatic heterocycles. The molecule has 1 fully saturated rings. The average molecular weight is 510 g/mol. The van der Waals surface area contributed by atoms with E-state index in [1.165, 1.54) is 30.4 Å². The lowest BCUT2D eigenvalue weighted by Gasteiger charge is -2.56. The summed E-state index contributed by atoms with van der Waals surface area (Å²) in [4.78, 5) is 20.3. The van der Waals surface area contributed by atoms with Gasteiger partial charge in [-0.3, -0.25) is 4.98 Å². The van der Waals surface area contributed by atoms with Crippen molar-refractivity contribution in [2.24, 2.45) is 11.3 Å². The Bertz CT molecular complexity index is 1270. The van der Waals surface area contributed by atoms with E-state index >= 15 is 0 Å².